The molecule has 0 radical (unpaired) electrons. The first-order valence-electron chi connectivity index (χ1n) is 7.72. The molecule has 0 aromatic carbocycles. The highest BCUT2D eigenvalue weighted by Crippen LogP contribution is 2.17. The van der Waals surface area contributed by atoms with Crippen LogP contribution in [0, 0.1) is 5.92 Å². The van der Waals surface area contributed by atoms with Gasteiger partial charge in [0.25, 0.3) is 0 Å². The lowest BCUT2D eigenvalue weighted by Gasteiger charge is -2.33. The van der Waals surface area contributed by atoms with Crippen LogP contribution in [0.15, 0.2) is 24.4 Å². The number of aromatic nitrogens is 1. The minimum Gasteiger partial charge on any atom is -0.355 e. The van der Waals surface area contributed by atoms with Crippen molar-refractivity contribution in [1.82, 2.24) is 20.1 Å². The van der Waals surface area contributed by atoms with Crippen molar-refractivity contribution in [2.24, 2.45) is 5.92 Å². The molecule has 1 aliphatic rings. The molecule has 1 aliphatic heterocycles. The van der Waals surface area contributed by atoms with E-state index in [4.69, 9.17) is 0 Å². The van der Waals surface area contributed by atoms with Gasteiger partial charge in [0.05, 0.1) is 5.92 Å². The average molecular weight is 304 g/mol. The van der Waals surface area contributed by atoms with Crippen LogP contribution in [0.5, 0.6) is 0 Å². The van der Waals surface area contributed by atoms with Gasteiger partial charge in [-0.3, -0.25) is 9.78 Å². The molecule has 1 saturated heterocycles. The van der Waals surface area contributed by atoms with Crippen molar-refractivity contribution in [3.05, 3.63) is 30.1 Å². The summed E-state index contributed by atoms with van der Waals surface area (Å²) in [6, 6.07) is 5.74. The van der Waals surface area contributed by atoms with E-state index >= 15 is 0 Å². The molecular formula is C16H24N4O2. The van der Waals surface area contributed by atoms with Gasteiger partial charge in [-0.1, -0.05) is 6.07 Å². The second-order valence-electron chi connectivity index (χ2n) is 5.82. The Labute approximate surface area is 131 Å². The van der Waals surface area contributed by atoms with Crippen LogP contribution in [0.4, 0.5) is 4.79 Å². The minimum absolute atomic E-state index is 0.0222. The van der Waals surface area contributed by atoms with Gasteiger partial charge in [0, 0.05) is 52.0 Å². The van der Waals surface area contributed by atoms with Crippen molar-refractivity contribution in [3.63, 3.8) is 0 Å². The number of pyridine rings is 1. The van der Waals surface area contributed by atoms with Crippen molar-refractivity contribution in [2.45, 2.75) is 19.3 Å². The number of likely N-dealkylation sites (tertiary alicyclic amines) is 1. The molecule has 1 atom stereocenters. The first-order valence-corrected chi connectivity index (χ1v) is 7.72. The normalized spacial score (nSPS) is 17.9. The maximum atomic E-state index is 12.2. The summed E-state index contributed by atoms with van der Waals surface area (Å²) in [6.07, 6.45) is 4.19. The van der Waals surface area contributed by atoms with Crippen LogP contribution >= 0.6 is 0 Å². The molecule has 2 rings (SSSR count). The van der Waals surface area contributed by atoms with Crippen molar-refractivity contribution >= 4 is 11.9 Å². The number of carbonyl (C=O) groups is 2. The second-order valence-corrected chi connectivity index (χ2v) is 5.82. The van der Waals surface area contributed by atoms with Gasteiger partial charge in [-0.25, -0.2) is 4.79 Å². The molecular weight excluding hydrogens is 280 g/mol. The minimum atomic E-state index is -0.110. The Hall–Kier alpha value is -2.11. The third-order valence-corrected chi connectivity index (χ3v) is 3.85. The first-order chi connectivity index (χ1) is 10.6. The third-order valence-electron chi connectivity index (χ3n) is 3.85. The fraction of sp³-hybridized carbons (Fsp3) is 0.562. The van der Waals surface area contributed by atoms with Crippen molar-refractivity contribution in [1.29, 1.82) is 0 Å². The van der Waals surface area contributed by atoms with E-state index in [-0.39, 0.29) is 17.9 Å². The Kier molecular flexibility index (Phi) is 5.75. The topological polar surface area (TPSA) is 65.5 Å². The van der Waals surface area contributed by atoms with Gasteiger partial charge >= 0.3 is 6.03 Å². The SMILES string of the molecule is CN(C)C(=O)N1CCC[C@H](C(=O)NCCc2ccccn2)C1. The summed E-state index contributed by atoms with van der Waals surface area (Å²) in [7, 11) is 3.47. The molecule has 22 heavy (non-hydrogen) atoms. The molecule has 6 nitrogen and oxygen atoms in total. The quantitative estimate of drug-likeness (QED) is 0.907. The Morgan fingerprint density at radius 1 is 1.41 bits per heavy atom. The number of urea groups is 1. The zero-order chi connectivity index (χ0) is 15.9. The monoisotopic (exact) mass is 304 g/mol. The van der Waals surface area contributed by atoms with Gasteiger partial charge in [-0.2, -0.15) is 0 Å². The largest absolute Gasteiger partial charge is 0.355 e. The maximum Gasteiger partial charge on any atom is 0.319 e. The molecule has 0 aliphatic carbocycles. The summed E-state index contributed by atoms with van der Waals surface area (Å²) in [5.74, 6) is -0.0754. The lowest BCUT2D eigenvalue weighted by molar-refractivity contribution is -0.126. The van der Waals surface area contributed by atoms with Gasteiger partial charge in [0.1, 0.15) is 0 Å². The molecule has 0 saturated carbocycles. The van der Waals surface area contributed by atoms with E-state index in [9.17, 15) is 9.59 Å². The van der Waals surface area contributed by atoms with E-state index in [0.717, 1.165) is 31.5 Å². The molecule has 0 unspecified atom stereocenters. The van der Waals surface area contributed by atoms with Gasteiger partial charge in [0.15, 0.2) is 0 Å². The highest BCUT2D eigenvalue weighted by atomic mass is 16.2. The van der Waals surface area contributed by atoms with Crippen LogP contribution < -0.4 is 5.32 Å². The summed E-state index contributed by atoms with van der Waals surface area (Å²) in [5, 5.41) is 2.96. The Bertz CT molecular complexity index is 504. The number of carbonyl (C=O) groups excluding carboxylic acids is 2. The molecule has 120 valence electrons. The number of piperidine rings is 1. The summed E-state index contributed by atoms with van der Waals surface area (Å²) in [4.78, 5) is 31.8. The van der Waals surface area contributed by atoms with Crippen LogP contribution in [0.1, 0.15) is 18.5 Å². The fourth-order valence-corrected chi connectivity index (χ4v) is 2.65. The highest BCUT2D eigenvalue weighted by Gasteiger charge is 2.28. The van der Waals surface area contributed by atoms with E-state index in [1.54, 1.807) is 30.1 Å². The summed E-state index contributed by atoms with van der Waals surface area (Å²) < 4.78 is 0. The van der Waals surface area contributed by atoms with Crippen LogP contribution in [-0.4, -0.2) is 60.5 Å². The van der Waals surface area contributed by atoms with Gasteiger partial charge in [0.2, 0.25) is 5.91 Å². The summed E-state index contributed by atoms with van der Waals surface area (Å²) >= 11 is 0. The van der Waals surface area contributed by atoms with Crippen molar-refractivity contribution in [3.8, 4) is 0 Å². The van der Waals surface area contributed by atoms with Gasteiger partial charge in [-0.15, -0.1) is 0 Å². The van der Waals surface area contributed by atoms with Crippen molar-refractivity contribution in [2.75, 3.05) is 33.7 Å². The molecule has 2 heterocycles. The van der Waals surface area contributed by atoms with Crippen LogP contribution in [0.25, 0.3) is 0 Å². The number of hydrogen-bond acceptors (Lipinski definition) is 3. The number of nitrogens with one attached hydrogen (secondary N) is 1. The van der Waals surface area contributed by atoms with E-state index in [2.05, 4.69) is 10.3 Å². The fourth-order valence-electron chi connectivity index (χ4n) is 2.65. The van der Waals surface area contributed by atoms with E-state index < -0.39 is 0 Å². The van der Waals surface area contributed by atoms with E-state index in [1.165, 1.54) is 0 Å². The molecule has 1 aromatic heterocycles. The van der Waals surface area contributed by atoms with E-state index in [1.807, 2.05) is 18.2 Å². The Morgan fingerprint density at radius 3 is 2.91 bits per heavy atom. The predicted octanol–water partition coefficient (Wildman–Crippen LogP) is 1.13. The Balaban J connectivity index is 1.78. The molecule has 1 fully saturated rings. The summed E-state index contributed by atoms with van der Waals surface area (Å²) in [6.45, 7) is 1.81. The summed E-state index contributed by atoms with van der Waals surface area (Å²) in [5.41, 5.74) is 0.968. The molecule has 1 N–H and O–H groups in total. The van der Waals surface area contributed by atoms with E-state index in [0.29, 0.717) is 13.1 Å². The van der Waals surface area contributed by atoms with Crippen LogP contribution in [0.2, 0.25) is 0 Å². The number of nitrogens with zero attached hydrogens (tertiary/aromatic N) is 3. The first kappa shape index (κ1) is 16.3. The second kappa shape index (κ2) is 7.77. The molecule has 0 spiro atoms. The zero-order valence-electron chi connectivity index (χ0n) is 13.3. The standard InChI is InChI=1S/C16H24N4O2/c1-19(2)16(22)20-11-5-6-13(12-20)15(21)18-10-8-14-7-3-4-9-17-14/h3-4,7,9,13H,5-6,8,10-12H2,1-2H3,(H,18,21)/t13-/m0/s1. The highest BCUT2D eigenvalue weighted by molar-refractivity contribution is 5.80. The lowest BCUT2D eigenvalue weighted by atomic mass is 9.97. The predicted molar refractivity (Wildman–Crippen MR) is 84.3 cm³/mol. The number of amides is 3. The molecule has 6 heteroatoms. The zero-order valence-corrected chi connectivity index (χ0v) is 13.3. The van der Waals surface area contributed by atoms with Crippen LogP contribution in [0.3, 0.4) is 0 Å². The van der Waals surface area contributed by atoms with Crippen LogP contribution in [-0.2, 0) is 11.2 Å². The maximum absolute atomic E-state index is 12.2. The average Bonchev–Trinajstić information content (AvgIpc) is 2.55. The van der Waals surface area contributed by atoms with Crippen molar-refractivity contribution < 1.29 is 9.59 Å². The third kappa shape index (κ3) is 4.44. The lowest BCUT2D eigenvalue weighted by Crippen LogP contribution is -2.48. The number of rotatable bonds is 4. The van der Waals surface area contributed by atoms with Gasteiger partial charge in [-0.05, 0) is 25.0 Å². The molecule has 0 bridgehead atoms. The molecule has 3 amide bonds. The Morgan fingerprint density at radius 2 is 2.23 bits per heavy atom. The number of hydrogen-bond donors (Lipinski definition) is 1. The molecule has 1 aromatic rings. The van der Waals surface area contributed by atoms with Gasteiger partial charge < -0.3 is 15.1 Å². The smallest absolute Gasteiger partial charge is 0.319 e.